The van der Waals surface area contributed by atoms with Gasteiger partial charge in [-0.25, -0.2) is 4.79 Å². The number of rotatable bonds is 23. The van der Waals surface area contributed by atoms with Crippen molar-refractivity contribution in [1.82, 2.24) is 0 Å². The predicted octanol–water partition coefficient (Wildman–Crippen LogP) is 23.7. The average molecular weight is 1190 g/mol. The van der Waals surface area contributed by atoms with Crippen LogP contribution in [0, 0.1) is 33.0 Å². The molecule has 0 saturated heterocycles. The molecule has 0 aromatic heterocycles. The first-order chi connectivity index (χ1) is 36.9. The fraction of sp³-hybridized carbons (Fsp3) is 0.819. The van der Waals surface area contributed by atoms with E-state index in [-0.39, 0.29) is 68.8 Å². The van der Waals surface area contributed by atoms with Crippen LogP contribution in [0.5, 0.6) is 0 Å². The third kappa shape index (κ3) is 36.3. The van der Waals surface area contributed by atoms with E-state index in [0.29, 0.717) is 11.7 Å². The van der Waals surface area contributed by atoms with Crippen LogP contribution in [0.2, 0.25) is 0 Å². The smallest absolute Gasteiger partial charge is 0.401 e. The lowest BCUT2D eigenvalue weighted by Crippen LogP contribution is -2.39. The van der Waals surface area contributed by atoms with Crippen molar-refractivity contribution in [2.45, 2.75) is 344 Å². The van der Waals surface area contributed by atoms with Gasteiger partial charge in [-0.1, -0.05) is 150 Å². The van der Waals surface area contributed by atoms with Gasteiger partial charge in [-0.15, -0.1) is 0 Å². The van der Waals surface area contributed by atoms with Crippen LogP contribution in [-0.4, -0.2) is 52.4 Å². The maximum Gasteiger partial charge on any atom is 0.401 e. The second-order valence-electron chi connectivity index (χ2n) is 30.1. The third-order valence-corrected chi connectivity index (χ3v) is 16.3. The van der Waals surface area contributed by atoms with Crippen LogP contribution >= 0.6 is 0 Å². The molecule has 2 unspecified atom stereocenters. The van der Waals surface area contributed by atoms with Gasteiger partial charge in [-0.2, -0.15) is 13.2 Å². The minimum atomic E-state index is -4.33. The number of alkyl halides is 3. The number of carbonyl (C=O) groups is 1. The zero-order chi connectivity index (χ0) is 66.9. The van der Waals surface area contributed by atoms with Gasteiger partial charge < -0.3 is 33.2 Å². The monoisotopic (exact) mass is 1190 g/mol. The largest absolute Gasteiger partial charge is 0.493 e. The van der Waals surface area contributed by atoms with Crippen LogP contribution in [0.1, 0.15) is 304 Å². The number of esters is 1. The van der Waals surface area contributed by atoms with Gasteiger partial charge in [-0.3, -0.25) is 0 Å². The summed E-state index contributed by atoms with van der Waals surface area (Å²) in [6.07, 6.45) is 12.0. The summed E-state index contributed by atoms with van der Waals surface area (Å²) in [4.78, 5) is 11.4. The molecule has 0 aromatic carbocycles. The van der Waals surface area contributed by atoms with E-state index in [1.807, 2.05) is 76.2 Å². The summed E-state index contributed by atoms with van der Waals surface area (Å²) in [5.74, 6) is 4.25. The number of halogens is 3. The molecule has 0 N–H and O–H groups in total. The Labute approximate surface area is 512 Å². The minimum absolute atomic E-state index is 0.0699. The lowest BCUT2D eigenvalue weighted by molar-refractivity contribution is -0.221. The molecular weight excluding hydrogens is 1050 g/mol. The van der Waals surface area contributed by atoms with Crippen LogP contribution in [0.3, 0.4) is 0 Å². The molecule has 0 aromatic rings. The lowest BCUT2D eigenvalue weighted by Gasteiger charge is -2.36. The van der Waals surface area contributed by atoms with Gasteiger partial charge in [0.25, 0.3) is 0 Å². The molecule has 83 heavy (non-hydrogen) atoms. The Hall–Kier alpha value is -3.50. The van der Waals surface area contributed by atoms with E-state index in [1.54, 1.807) is 20.8 Å². The van der Waals surface area contributed by atoms with E-state index >= 15 is 0 Å². The van der Waals surface area contributed by atoms with Crippen LogP contribution in [0.25, 0.3) is 0 Å². The van der Waals surface area contributed by atoms with Crippen LogP contribution in [0.4, 0.5) is 13.2 Å². The third-order valence-electron chi connectivity index (χ3n) is 16.3. The first kappa shape index (κ1) is 85.9. The number of carbonyl (C=O) groups excluding carboxylic acids is 1. The maximum absolute atomic E-state index is 12.8. The Kier molecular flexibility index (Phi) is 36.6. The van der Waals surface area contributed by atoms with Crippen LogP contribution in [-0.2, 0) is 38.0 Å². The topological polar surface area (TPSA) is 81.7 Å². The Morgan fingerprint density at radius 2 is 0.771 bits per heavy atom. The summed E-state index contributed by atoms with van der Waals surface area (Å²) in [5.41, 5.74) is -2.91. The highest BCUT2D eigenvalue weighted by Crippen LogP contribution is 2.47. The molecular formula is C72H135F3O8. The summed E-state index contributed by atoms with van der Waals surface area (Å²) in [6.45, 7) is 83.2. The first-order valence-electron chi connectivity index (χ1n) is 31.4. The average Bonchev–Trinajstić information content (AvgIpc) is 4.00. The van der Waals surface area contributed by atoms with Gasteiger partial charge in [0.1, 0.15) is 44.8 Å². The number of allylic oxidation sites excluding steroid dienone is 6. The van der Waals surface area contributed by atoms with E-state index in [2.05, 4.69) is 136 Å². The van der Waals surface area contributed by atoms with Gasteiger partial charge in [0.05, 0.1) is 28.8 Å². The summed E-state index contributed by atoms with van der Waals surface area (Å²) < 4.78 is 77.6. The van der Waals surface area contributed by atoms with Crippen molar-refractivity contribution in [2.75, 3.05) is 6.61 Å². The van der Waals surface area contributed by atoms with Crippen LogP contribution < -0.4 is 0 Å². The zero-order valence-electron chi connectivity index (χ0n) is 60.0. The van der Waals surface area contributed by atoms with Gasteiger partial charge in [0, 0.05) is 27.6 Å². The Bertz CT molecular complexity index is 1940. The van der Waals surface area contributed by atoms with E-state index < -0.39 is 22.8 Å². The zero-order valence-corrected chi connectivity index (χ0v) is 60.0. The highest BCUT2D eigenvalue weighted by Gasteiger charge is 2.53. The van der Waals surface area contributed by atoms with E-state index in [9.17, 15) is 18.0 Å². The van der Waals surface area contributed by atoms with Gasteiger partial charge in [0.2, 0.25) is 0 Å². The van der Waals surface area contributed by atoms with Crippen molar-refractivity contribution < 1.29 is 51.1 Å². The molecule has 2 rings (SSSR count). The summed E-state index contributed by atoms with van der Waals surface area (Å²) in [7, 11) is 0. The summed E-state index contributed by atoms with van der Waals surface area (Å²) in [5, 5.41) is 0. The van der Waals surface area contributed by atoms with Gasteiger partial charge >= 0.3 is 12.1 Å². The first-order valence-corrected chi connectivity index (χ1v) is 31.4. The van der Waals surface area contributed by atoms with E-state index in [1.165, 1.54) is 58.3 Å². The summed E-state index contributed by atoms with van der Waals surface area (Å²) >= 11 is 0. The minimum Gasteiger partial charge on any atom is -0.493 e. The molecule has 492 valence electrons. The molecule has 0 radical (unpaired) electrons. The highest BCUT2D eigenvalue weighted by molar-refractivity contribution is 5.71. The summed E-state index contributed by atoms with van der Waals surface area (Å²) in [6, 6.07) is 0. The van der Waals surface area contributed by atoms with Crippen molar-refractivity contribution >= 4 is 5.97 Å². The second kappa shape index (κ2) is 35.3. The molecule has 2 atom stereocenters. The standard InChI is InChI=1S/C14H26O.C13H24O3.C13H24O.C11H19F3O.C11H22O.C10H20O/c1-6-13(4,5)12(3)15-14(7-2)10-8-9-11-14;1-8-13(6,7)10(2)15-9-11(14)16-12(3,4)5;1-6-12(3,4)11(2)14-13(5)9-7-8-10-13;1-7-10(6,11(12,13)14)8(2)15-9(3,4)5;1-8-11(6,7)9(2)12-10(3,4)5;1-7-8(2)9(3)11-10(4,5)6/h3,6-11H2,1-2,4-5H3;2,8-9H2,1,3-7H3;2,6-10H2,1,3-5H3;2,7H2,1,3-6H3;2,8H2,1,3-7H3;8H,3,7H2,1-2,4-6H3. The molecule has 2 saturated carbocycles. The van der Waals surface area contributed by atoms with Crippen molar-refractivity contribution in [3.05, 3.63) is 74.0 Å². The van der Waals surface area contributed by atoms with Gasteiger partial charge in [0.15, 0.2) is 6.61 Å². The molecule has 8 nitrogen and oxygen atoms in total. The Morgan fingerprint density at radius 3 is 1.08 bits per heavy atom. The number of ether oxygens (including phenoxy) is 7. The number of hydrogen-bond donors (Lipinski definition) is 0. The fourth-order valence-electron chi connectivity index (χ4n) is 7.38. The van der Waals surface area contributed by atoms with Crippen LogP contribution in [0.15, 0.2) is 74.0 Å². The molecule has 0 bridgehead atoms. The number of hydrogen-bond acceptors (Lipinski definition) is 8. The van der Waals surface area contributed by atoms with E-state index in [0.717, 1.165) is 68.5 Å². The molecule has 0 heterocycles. The maximum atomic E-state index is 12.8. The quantitative estimate of drug-likeness (QED) is 0.0739. The van der Waals surface area contributed by atoms with Crippen molar-refractivity contribution in [1.29, 1.82) is 0 Å². The van der Waals surface area contributed by atoms with Crippen molar-refractivity contribution in [3.63, 3.8) is 0 Å². The molecule has 2 aliphatic rings. The molecule has 0 aliphatic heterocycles. The molecule has 0 spiro atoms. The molecule has 2 aliphatic carbocycles. The molecule has 11 heteroatoms. The van der Waals surface area contributed by atoms with Crippen molar-refractivity contribution in [2.24, 2.45) is 33.0 Å². The molecule has 0 amide bonds. The SMILES string of the molecule is C=C(OC(C)(C)C)C(C)(C)CC.C=C(OC(C)(C)C)C(C)(CC)C(F)(F)F.C=C(OC(C)(C)C)C(C)CC.C=C(OC1(C)CCCC1)C(C)(C)CC.C=C(OC1(CC)CCCC1)C(C)(C)CC.C=C(OCC(=O)OC(C)(C)C)C(C)(C)CC. The Balaban J connectivity index is -0.000000453. The molecule has 2 fully saturated rings. The fourth-order valence-corrected chi connectivity index (χ4v) is 7.38. The van der Waals surface area contributed by atoms with E-state index in [4.69, 9.17) is 33.2 Å². The van der Waals surface area contributed by atoms with Crippen molar-refractivity contribution in [3.8, 4) is 0 Å². The Morgan fingerprint density at radius 1 is 0.446 bits per heavy atom. The normalized spacial score (nSPS) is 16.3. The van der Waals surface area contributed by atoms with Gasteiger partial charge in [-0.05, 0) is 193 Å². The highest BCUT2D eigenvalue weighted by atomic mass is 19.4. The lowest BCUT2D eigenvalue weighted by atomic mass is 9.84. The predicted molar refractivity (Wildman–Crippen MR) is 350 cm³/mol. The second-order valence-corrected chi connectivity index (χ2v) is 30.1.